The van der Waals surface area contributed by atoms with Crippen LogP contribution in [0.2, 0.25) is 0 Å². The molecule has 0 aromatic heterocycles. The number of nitrogens with zero attached hydrogens (tertiary/aromatic N) is 2. The Morgan fingerprint density at radius 1 is 1.20 bits per heavy atom. The number of hydrogen-bond donors (Lipinski definition) is 2. The second kappa shape index (κ2) is 12.0. The number of nitrogens with one attached hydrogen (secondary N) is 2. The van der Waals surface area contributed by atoms with Crippen LogP contribution in [0.1, 0.15) is 33.6 Å². The van der Waals surface area contributed by atoms with E-state index in [2.05, 4.69) is 71.6 Å². The Morgan fingerprint density at radius 3 is 2.40 bits per heavy atom. The van der Waals surface area contributed by atoms with Gasteiger partial charge in [0.05, 0.1) is 0 Å². The lowest BCUT2D eigenvalue weighted by molar-refractivity contribution is 0.167. The van der Waals surface area contributed by atoms with Crippen molar-refractivity contribution >= 4 is 41.7 Å². The number of aliphatic imine (C=N–C) groups is 1. The van der Waals surface area contributed by atoms with Gasteiger partial charge in [-0.3, -0.25) is 4.99 Å². The minimum absolute atomic E-state index is 0. The van der Waals surface area contributed by atoms with E-state index < -0.39 is 0 Å². The molecule has 2 N–H and O–H groups in total. The van der Waals surface area contributed by atoms with E-state index >= 15 is 0 Å². The summed E-state index contributed by atoms with van der Waals surface area (Å²) in [6.07, 6.45) is 2.38. The first kappa shape index (κ1) is 22.6. The molecule has 6 heteroatoms. The van der Waals surface area contributed by atoms with Crippen LogP contribution in [0.5, 0.6) is 0 Å². The van der Waals surface area contributed by atoms with Gasteiger partial charge >= 0.3 is 0 Å². The van der Waals surface area contributed by atoms with Crippen molar-refractivity contribution in [2.45, 2.75) is 55.8 Å². The van der Waals surface area contributed by atoms with Crippen LogP contribution in [0.4, 0.5) is 0 Å². The molecule has 1 saturated heterocycles. The van der Waals surface area contributed by atoms with Gasteiger partial charge < -0.3 is 15.5 Å². The SMILES string of the molecule is CN=C(NCC(C)Sc1ccccc1)NC1CCN(C(C)C)CC1.I. The molecule has 1 aliphatic rings. The third kappa shape index (κ3) is 8.17. The molecule has 0 aliphatic carbocycles. The molecule has 1 atom stereocenters. The number of halogens is 1. The van der Waals surface area contributed by atoms with E-state index in [-0.39, 0.29) is 24.0 Å². The summed E-state index contributed by atoms with van der Waals surface area (Å²) in [7, 11) is 1.85. The number of rotatable bonds is 6. The standard InChI is InChI=1S/C19H32N4S.HI/c1-15(2)23-12-10-17(11-13-23)22-19(20-4)21-14-16(3)24-18-8-6-5-7-9-18;/h5-9,15-17H,10-14H2,1-4H3,(H2,20,21,22);1H. The molecule has 0 spiro atoms. The smallest absolute Gasteiger partial charge is 0.191 e. The Balaban J connectivity index is 0.00000312. The maximum absolute atomic E-state index is 4.39. The van der Waals surface area contributed by atoms with Gasteiger partial charge in [0.1, 0.15) is 0 Å². The predicted molar refractivity (Wildman–Crippen MR) is 121 cm³/mol. The number of guanidine groups is 1. The molecular formula is C19H33IN4S. The average molecular weight is 476 g/mol. The molecule has 1 aromatic carbocycles. The molecule has 1 fully saturated rings. The van der Waals surface area contributed by atoms with Crippen LogP contribution in [0.25, 0.3) is 0 Å². The third-order valence-corrected chi connectivity index (χ3v) is 5.58. The highest BCUT2D eigenvalue weighted by atomic mass is 127. The Kier molecular flexibility index (Phi) is 10.8. The number of likely N-dealkylation sites (tertiary alicyclic amines) is 1. The molecule has 0 amide bonds. The number of piperidine rings is 1. The van der Waals surface area contributed by atoms with Crippen LogP contribution >= 0.6 is 35.7 Å². The molecule has 1 aromatic rings. The Labute approximate surface area is 174 Å². The zero-order chi connectivity index (χ0) is 17.4. The Bertz CT molecular complexity index is 501. The number of benzene rings is 1. The fourth-order valence-corrected chi connectivity index (χ4v) is 3.91. The lowest BCUT2D eigenvalue weighted by Crippen LogP contribution is -2.50. The highest BCUT2D eigenvalue weighted by molar-refractivity contribution is 14.0. The quantitative estimate of drug-likeness (QED) is 0.284. The molecular weight excluding hydrogens is 443 g/mol. The van der Waals surface area contributed by atoms with Crippen molar-refractivity contribution in [2.24, 2.45) is 4.99 Å². The summed E-state index contributed by atoms with van der Waals surface area (Å²) in [5, 5.41) is 7.56. The first-order valence-corrected chi connectivity index (χ1v) is 9.89. The van der Waals surface area contributed by atoms with Crippen molar-refractivity contribution in [3.8, 4) is 0 Å². The fraction of sp³-hybridized carbons (Fsp3) is 0.632. The third-order valence-electron chi connectivity index (χ3n) is 4.46. The Morgan fingerprint density at radius 2 is 1.84 bits per heavy atom. The molecule has 1 unspecified atom stereocenters. The molecule has 0 radical (unpaired) electrons. The minimum Gasteiger partial charge on any atom is -0.355 e. The second-order valence-corrected chi connectivity index (χ2v) is 8.25. The first-order chi connectivity index (χ1) is 11.6. The van der Waals surface area contributed by atoms with Gasteiger partial charge in [-0.15, -0.1) is 35.7 Å². The van der Waals surface area contributed by atoms with E-state index in [1.165, 1.54) is 30.8 Å². The van der Waals surface area contributed by atoms with Gasteiger partial charge in [0.25, 0.3) is 0 Å². The maximum atomic E-state index is 4.39. The van der Waals surface area contributed by atoms with Crippen LogP contribution < -0.4 is 10.6 Å². The predicted octanol–water partition coefficient (Wildman–Crippen LogP) is 3.82. The molecule has 0 bridgehead atoms. The van der Waals surface area contributed by atoms with Gasteiger partial charge in [0.15, 0.2) is 5.96 Å². The summed E-state index contributed by atoms with van der Waals surface area (Å²) in [6.45, 7) is 10.1. The van der Waals surface area contributed by atoms with E-state index in [1.807, 2.05) is 18.8 Å². The normalized spacial score (nSPS) is 17.9. The highest BCUT2D eigenvalue weighted by Crippen LogP contribution is 2.21. The summed E-state index contributed by atoms with van der Waals surface area (Å²) in [5.41, 5.74) is 0. The van der Waals surface area contributed by atoms with Crippen molar-refractivity contribution in [1.82, 2.24) is 15.5 Å². The summed E-state index contributed by atoms with van der Waals surface area (Å²) in [6, 6.07) is 11.7. The molecule has 0 saturated carbocycles. The summed E-state index contributed by atoms with van der Waals surface area (Å²) in [4.78, 5) is 8.25. The van der Waals surface area contributed by atoms with Crippen molar-refractivity contribution in [2.75, 3.05) is 26.7 Å². The molecule has 25 heavy (non-hydrogen) atoms. The van der Waals surface area contributed by atoms with Crippen LogP contribution in [0.15, 0.2) is 40.2 Å². The second-order valence-electron chi connectivity index (χ2n) is 6.74. The fourth-order valence-electron chi connectivity index (χ4n) is 2.96. The topological polar surface area (TPSA) is 39.7 Å². The molecule has 2 rings (SSSR count). The van der Waals surface area contributed by atoms with Gasteiger partial charge in [0.2, 0.25) is 0 Å². The van der Waals surface area contributed by atoms with Crippen LogP contribution in [0.3, 0.4) is 0 Å². The zero-order valence-electron chi connectivity index (χ0n) is 15.9. The summed E-state index contributed by atoms with van der Waals surface area (Å²) < 4.78 is 0. The molecule has 1 heterocycles. The molecule has 1 aliphatic heterocycles. The van der Waals surface area contributed by atoms with Crippen LogP contribution in [-0.2, 0) is 0 Å². The summed E-state index contributed by atoms with van der Waals surface area (Å²) in [5.74, 6) is 0.929. The number of thioether (sulfide) groups is 1. The van der Waals surface area contributed by atoms with Crippen molar-refractivity contribution in [3.05, 3.63) is 30.3 Å². The van der Waals surface area contributed by atoms with E-state index in [4.69, 9.17) is 0 Å². The molecule has 142 valence electrons. The van der Waals surface area contributed by atoms with E-state index in [1.54, 1.807) is 0 Å². The maximum Gasteiger partial charge on any atom is 0.191 e. The largest absolute Gasteiger partial charge is 0.355 e. The lowest BCUT2D eigenvalue weighted by atomic mass is 10.0. The summed E-state index contributed by atoms with van der Waals surface area (Å²) >= 11 is 1.89. The lowest BCUT2D eigenvalue weighted by Gasteiger charge is -2.35. The first-order valence-electron chi connectivity index (χ1n) is 9.01. The van der Waals surface area contributed by atoms with E-state index in [0.29, 0.717) is 17.3 Å². The van der Waals surface area contributed by atoms with E-state index in [0.717, 1.165) is 12.5 Å². The van der Waals surface area contributed by atoms with Crippen molar-refractivity contribution in [3.63, 3.8) is 0 Å². The number of hydrogen-bond acceptors (Lipinski definition) is 3. The van der Waals surface area contributed by atoms with Crippen molar-refractivity contribution in [1.29, 1.82) is 0 Å². The Hall–Kier alpha value is -0.470. The molecule has 4 nitrogen and oxygen atoms in total. The van der Waals surface area contributed by atoms with Crippen LogP contribution in [0, 0.1) is 0 Å². The average Bonchev–Trinajstić information content (AvgIpc) is 2.60. The monoisotopic (exact) mass is 476 g/mol. The minimum atomic E-state index is 0. The van der Waals surface area contributed by atoms with Gasteiger partial charge in [-0.2, -0.15) is 0 Å². The van der Waals surface area contributed by atoms with Gasteiger partial charge in [0, 0.05) is 48.9 Å². The van der Waals surface area contributed by atoms with Gasteiger partial charge in [-0.25, -0.2) is 0 Å². The van der Waals surface area contributed by atoms with Crippen molar-refractivity contribution < 1.29 is 0 Å². The van der Waals surface area contributed by atoms with Gasteiger partial charge in [-0.05, 0) is 38.8 Å². The highest BCUT2D eigenvalue weighted by Gasteiger charge is 2.21. The zero-order valence-corrected chi connectivity index (χ0v) is 19.0. The van der Waals surface area contributed by atoms with Gasteiger partial charge in [-0.1, -0.05) is 25.1 Å². The van der Waals surface area contributed by atoms with E-state index in [9.17, 15) is 0 Å². The van der Waals surface area contributed by atoms with Crippen LogP contribution in [-0.4, -0.2) is 54.9 Å².